The maximum atomic E-state index is 9.09. The van der Waals surface area contributed by atoms with E-state index in [-0.39, 0.29) is 6.61 Å². The average molecular weight is 191 g/mol. The van der Waals surface area contributed by atoms with Gasteiger partial charge < -0.3 is 9.94 Å². The molecule has 1 aliphatic heterocycles. The van der Waals surface area contributed by atoms with Crippen LogP contribution in [0.15, 0.2) is 35.5 Å². The van der Waals surface area contributed by atoms with Crippen LogP contribution in [0.3, 0.4) is 0 Å². The van der Waals surface area contributed by atoms with Gasteiger partial charge in [-0.1, -0.05) is 35.5 Å². The monoisotopic (exact) mass is 191 g/mol. The SMILES string of the molecule is CC1(CO)CC(c2ccccc2)=NO1. The second-order valence-electron chi connectivity index (χ2n) is 3.78. The molecule has 0 aromatic heterocycles. The fourth-order valence-corrected chi connectivity index (χ4v) is 1.45. The molecule has 1 N–H and O–H groups in total. The number of aliphatic hydroxyl groups is 1. The largest absolute Gasteiger partial charge is 0.392 e. The molecule has 0 spiro atoms. The lowest BCUT2D eigenvalue weighted by Crippen LogP contribution is -2.29. The van der Waals surface area contributed by atoms with Crippen molar-refractivity contribution >= 4 is 5.71 Å². The summed E-state index contributed by atoms with van der Waals surface area (Å²) in [5.74, 6) is 0. The van der Waals surface area contributed by atoms with Crippen molar-refractivity contribution in [3.05, 3.63) is 35.9 Å². The first-order valence-corrected chi connectivity index (χ1v) is 4.65. The van der Waals surface area contributed by atoms with Crippen molar-refractivity contribution in [2.45, 2.75) is 18.9 Å². The van der Waals surface area contributed by atoms with E-state index >= 15 is 0 Å². The number of nitrogens with zero attached hydrogens (tertiary/aromatic N) is 1. The number of oxime groups is 1. The maximum absolute atomic E-state index is 9.09. The van der Waals surface area contributed by atoms with Crippen molar-refractivity contribution in [1.82, 2.24) is 0 Å². The van der Waals surface area contributed by atoms with E-state index in [4.69, 9.17) is 9.94 Å². The lowest BCUT2D eigenvalue weighted by molar-refractivity contribution is -0.0428. The number of hydrogen-bond acceptors (Lipinski definition) is 3. The molecule has 0 saturated carbocycles. The Labute approximate surface area is 83.0 Å². The van der Waals surface area contributed by atoms with Gasteiger partial charge in [-0.25, -0.2) is 0 Å². The first kappa shape index (κ1) is 9.21. The van der Waals surface area contributed by atoms with Gasteiger partial charge in [0.2, 0.25) is 0 Å². The van der Waals surface area contributed by atoms with Gasteiger partial charge in [0.1, 0.15) is 0 Å². The Morgan fingerprint density at radius 2 is 2.14 bits per heavy atom. The Morgan fingerprint density at radius 1 is 1.43 bits per heavy atom. The third kappa shape index (κ3) is 1.63. The van der Waals surface area contributed by atoms with Gasteiger partial charge >= 0.3 is 0 Å². The van der Waals surface area contributed by atoms with Gasteiger partial charge in [0.25, 0.3) is 0 Å². The molecular formula is C11H13NO2. The van der Waals surface area contributed by atoms with Crippen molar-refractivity contribution in [2.75, 3.05) is 6.61 Å². The van der Waals surface area contributed by atoms with Crippen molar-refractivity contribution in [1.29, 1.82) is 0 Å². The second kappa shape index (κ2) is 3.42. The molecule has 1 atom stereocenters. The van der Waals surface area contributed by atoms with Crippen LogP contribution in [-0.4, -0.2) is 23.0 Å². The number of benzene rings is 1. The van der Waals surface area contributed by atoms with Gasteiger partial charge in [0.05, 0.1) is 12.3 Å². The van der Waals surface area contributed by atoms with Crippen LogP contribution in [0, 0.1) is 0 Å². The first-order chi connectivity index (χ1) is 6.73. The minimum Gasteiger partial charge on any atom is -0.392 e. The fourth-order valence-electron chi connectivity index (χ4n) is 1.45. The van der Waals surface area contributed by atoms with E-state index in [2.05, 4.69) is 5.16 Å². The second-order valence-corrected chi connectivity index (χ2v) is 3.78. The van der Waals surface area contributed by atoms with E-state index < -0.39 is 5.60 Å². The van der Waals surface area contributed by atoms with Crippen LogP contribution in [-0.2, 0) is 4.84 Å². The fraction of sp³-hybridized carbons (Fsp3) is 0.364. The van der Waals surface area contributed by atoms with Crippen LogP contribution in [0.25, 0.3) is 0 Å². The zero-order valence-corrected chi connectivity index (χ0v) is 8.10. The van der Waals surface area contributed by atoms with E-state index in [1.165, 1.54) is 0 Å². The van der Waals surface area contributed by atoms with Crippen molar-refractivity contribution in [2.24, 2.45) is 5.16 Å². The Kier molecular flexibility index (Phi) is 2.25. The molecule has 14 heavy (non-hydrogen) atoms. The van der Waals surface area contributed by atoms with Crippen LogP contribution in [0.2, 0.25) is 0 Å². The van der Waals surface area contributed by atoms with Crippen LogP contribution >= 0.6 is 0 Å². The van der Waals surface area contributed by atoms with Gasteiger partial charge in [-0.05, 0) is 12.5 Å². The molecule has 0 aliphatic carbocycles. The molecule has 1 unspecified atom stereocenters. The highest BCUT2D eigenvalue weighted by atomic mass is 16.7. The Bertz CT molecular complexity index is 348. The van der Waals surface area contributed by atoms with Crippen molar-refractivity contribution in [3.8, 4) is 0 Å². The summed E-state index contributed by atoms with van der Waals surface area (Å²) in [5, 5.41) is 13.1. The molecule has 3 nitrogen and oxygen atoms in total. The molecule has 0 saturated heterocycles. The normalized spacial score (nSPS) is 25.7. The summed E-state index contributed by atoms with van der Waals surface area (Å²) < 4.78 is 0. The van der Waals surface area contributed by atoms with E-state index in [0.717, 1.165) is 11.3 Å². The number of aliphatic hydroxyl groups excluding tert-OH is 1. The molecule has 3 heteroatoms. The van der Waals surface area contributed by atoms with E-state index in [9.17, 15) is 0 Å². The summed E-state index contributed by atoms with van der Waals surface area (Å²) in [7, 11) is 0. The van der Waals surface area contributed by atoms with Crippen LogP contribution in [0.5, 0.6) is 0 Å². The molecule has 1 aliphatic rings. The Balaban J connectivity index is 2.17. The Morgan fingerprint density at radius 3 is 2.71 bits per heavy atom. The van der Waals surface area contributed by atoms with Crippen molar-refractivity contribution in [3.63, 3.8) is 0 Å². The summed E-state index contributed by atoms with van der Waals surface area (Å²) in [6.45, 7) is 1.85. The summed E-state index contributed by atoms with van der Waals surface area (Å²) in [6, 6.07) is 9.88. The minimum atomic E-state index is -0.537. The van der Waals surface area contributed by atoms with Crippen LogP contribution < -0.4 is 0 Å². The average Bonchev–Trinajstić information content (AvgIpc) is 2.63. The molecule has 0 fully saturated rings. The van der Waals surface area contributed by atoms with Gasteiger partial charge in [-0.15, -0.1) is 0 Å². The molecule has 1 heterocycles. The lowest BCUT2D eigenvalue weighted by Gasteiger charge is -2.17. The van der Waals surface area contributed by atoms with E-state index in [0.29, 0.717) is 6.42 Å². The molecule has 2 rings (SSSR count). The minimum absolute atomic E-state index is 0.00711. The lowest BCUT2D eigenvalue weighted by atomic mass is 9.97. The molecule has 0 radical (unpaired) electrons. The highest BCUT2D eigenvalue weighted by Gasteiger charge is 2.33. The van der Waals surface area contributed by atoms with E-state index in [1.54, 1.807) is 0 Å². The zero-order chi connectivity index (χ0) is 10.0. The predicted octanol–water partition coefficient (Wildman–Crippen LogP) is 1.56. The number of hydrogen-bond donors (Lipinski definition) is 1. The molecular weight excluding hydrogens is 178 g/mol. The maximum Gasteiger partial charge on any atom is 0.163 e. The highest BCUT2D eigenvalue weighted by molar-refractivity contribution is 6.01. The summed E-state index contributed by atoms with van der Waals surface area (Å²) in [6.07, 6.45) is 0.660. The molecule has 0 bridgehead atoms. The topological polar surface area (TPSA) is 41.8 Å². The summed E-state index contributed by atoms with van der Waals surface area (Å²) >= 11 is 0. The quantitative estimate of drug-likeness (QED) is 0.770. The molecule has 1 aromatic carbocycles. The molecule has 74 valence electrons. The van der Waals surface area contributed by atoms with Gasteiger partial charge in [-0.3, -0.25) is 0 Å². The third-order valence-electron chi connectivity index (χ3n) is 2.36. The van der Waals surface area contributed by atoms with Crippen molar-refractivity contribution < 1.29 is 9.94 Å². The van der Waals surface area contributed by atoms with Gasteiger partial charge in [0.15, 0.2) is 5.60 Å². The molecule has 0 amide bonds. The zero-order valence-electron chi connectivity index (χ0n) is 8.10. The molecule has 1 aromatic rings. The highest BCUT2D eigenvalue weighted by Crippen LogP contribution is 2.25. The summed E-state index contributed by atoms with van der Waals surface area (Å²) in [5.41, 5.74) is 1.43. The van der Waals surface area contributed by atoms with Gasteiger partial charge in [-0.2, -0.15) is 0 Å². The first-order valence-electron chi connectivity index (χ1n) is 4.65. The Hall–Kier alpha value is -1.35. The van der Waals surface area contributed by atoms with Gasteiger partial charge in [0, 0.05) is 6.42 Å². The summed E-state index contributed by atoms with van der Waals surface area (Å²) in [4.78, 5) is 5.19. The number of rotatable bonds is 2. The predicted molar refractivity (Wildman–Crippen MR) is 54.2 cm³/mol. The van der Waals surface area contributed by atoms with Crippen LogP contribution in [0.1, 0.15) is 18.9 Å². The van der Waals surface area contributed by atoms with E-state index in [1.807, 2.05) is 37.3 Å². The standard InChI is InChI=1S/C11H13NO2/c1-11(8-13)7-10(12-14-11)9-5-3-2-4-6-9/h2-6,13H,7-8H2,1H3. The third-order valence-corrected chi connectivity index (χ3v) is 2.36. The van der Waals surface area contributed by atoms with Crippen LogP contribution in [0.4, 0.5) is 0 Å². The smallest absolute Gasteiger partial charge is 0.163 e.